The van der Waals surface area contributed by atoms with Crippen LogP contribution in [-0.4, -0.2) is 24.1 Å². The standard InChI is InChI=1S/C12H19N3S/c1-8-7-16-12(14-8)15-5-9-3-2-4-11(13)10(9)6-15/h7,9-11H,2-6,13H2,1H3. The monoisotopic (exact) mass is 237 g/mol. The van der Waals surface area contributed by atoms with Crippen molar-refractivity contribution in [2.24, 2.45) is 17.6 Å². The molecule has 4 heteroatoms. The van der Waals surface area contributed by atoms with Gasteiger partial charge in [-0.3, -0.25) is 0 Å². The Morgan fingerprint density at radius 3 is 3.00 bits per heavy atom. The summed E-state index contributed by atoms with van der Waals surface area (Å²) >= 11 is 1.77. The van der Waals surface area contributed by atoms with E-state index in [1.807, 2.05) is 0 Å². The Morgan fingerprint density at radius 1 is 1.44 bits per heavy atom. The number of aryl methyl sites for hydroxylation is 1. The van der Waals surface area contributed by atoms with Crippen LogP contribution in [0.25, 0.3) is 0 Å². The molecule has 0 spiro atoms. The summed E-state index contributed by atoms with van der Waals surface area (Å²) in [7, 11) is 0. The number of hydrogen-bond acceptors (Lipinski definition) is 4. The van der Waals surface area contributed by atoms with Gasteiger partial charge in [-0.15, -0.1) is 11.3 Å². The van der Waals surface area contributed by atoms with Crippen molar-refractivity contribution in [2.75, 3.05) is 18.0 Å². The molecule has 1 aromatic rings. The minimum atomic E-state index is 0.421. The largest absolute Gasteiger partial charge is 0.347 e. The number of fused-ring (bicyclic) bond motifs is 1. The van der Waals surface area contributed by atoms with E-state index in [1.54, 1.807) is 11.3 Å². The fourth-order valence-corrected chi connectivity index (χ4v) is 3.98. The molecule has 1 aromatic heterocycles. The van der Waals surface area contributed by atoms with Gasteiger partial charge >= 0.3 is 0 Å². The van der Waals surface area contributed by atoms with Crippen molar-refractivity contribution in [3.63, 3.8) is 0 Å². The molecule has 88 valence electrons. The lowest BCUT2D eigenvalue weighted by atomic mass is 9.78. The van der Waals surface area contributed by atoms with Crippen LogP contribution < -0.4 is 10.6 Å². The summed E-state index contributed by atoms with van der Waals surface area (Å²) in [5.74, 6) is 1.52. The minimum absolute atomic E-state index is 0.421. The van der Waals surface area contributed by atoms with E-state index >= 15 is 0 Å². The predicted octanol–water partition coefficient (Wildman–Crippen LogP) is 2.02. The zero-order chi connectivity index (χ0) is 11.1. The zero-order valence-corrected chi connectivity index (χ0v) is 10.5. The van der Waals surface area contributed by atoms with Crippen molar-refractivity contribution in [2.45, 2.75) is 32.2 Å². The van der Waals surface area contributed by atoms with E-state index < -0.39 is 0 Å². The van der Waals surface area contributed by atoms with E-state index in [9.17, 15) is 0 Å². The van der Waals surface area contributed by atoms with Gasteiger partial charge in [-0.1, -0.05) is 6.42 Å². The van der Waals surface area contributed by atoms with Gasteiger partial charge in [-0.05, 0) is 31.6 Å². The smallest absolute Gasteiger partial charge is 0.185 e. The molecule has 16 heavy (non-hydrogen) atoms. The predicted molar refractivity (Wildman–Crippen MR) is 67.9 cm³/mol. The van der Waals surface area contributed by atoms with Gasteiger partial charge in [0.1, 0.15) is 0 Å². The summed E-state index contributed by atoms with van der Waals surface area (Å²) in [5.41, 5.74) is 7.36. The molecule has 3 atom stereocenters. The first-order chi connectivity index (χ1) is 7.74. The molecular weight excluding hydrogens is 218 g/mol. The van der Waals surface area contributed by atoms with Crippen molar-refractivity contribution in [3.05, 3.63) is 11.1 Å². The minimum Gasteiger partial charge on any atom is -0.347 e. The van der Waals surface area contributed by atoms with Crippen LogP contribution >= 0.6 is 11.3 Å². The van der Waals surface area contributed by atoms with Crippen LogP contribution in [0, 0.1) is 18.8 Å². The number of aromatic nitrogens is 1. The van der Waals surface area contributed by atoms with Crippen LogP contribution in [0.4, 0.5) is 5.13 Å². The second kappa shape index (κ2) is 4.00. The third-order valence-electron chi connectivity index (χ3n) is 4.03. The van der Waals surface area contributed by atoms with E-state index in [4.69, 9.17) is 5.73 Å². The van der Waals surface area contributed by atoms with Gasteiger partial charge in [-0.2, -0.15) is 0 Å². The Kier molecular flexibility index (Phi) is 2.64. The fourth-order valence-electron chi connectivity index (χ4n) is 3.16. The van der Waals surface area contributed by atoms with E-state index in [0.717, 1.165) is 18.2 Å². The van der Waals surface area contributed by atoms with Crippen molar-refractivity contribution in [1.82, 2.24) is 4.98 Å². The molecule has 0 bridgehead atoms. The Balaban J connectivity index is 1.76. The molecule has 3 unspecified atom stereocenters. The topological polar surface area (TPSA) is 42.1 Å². The van der Waals surface area contributed by atoms with Crippen LogP contribution in [0.5, 0.6) is 0 Å². The molecule has 1 aliphatic heterocycles. The molecule has 1 saturated carbocycles. The summed E-state index contributed by atoms with van der Waals surface area (Å²) in [4.78, 5) is 7.02. The van der Waals surface area contributed by atoms with Gasteiger partial charge in [0.2, 0.25) is 0 Å². The van der Waals surface area contributed by atoms with Gasteiger partial charge in [0.05, 0.1) is 5.69 Å². The SMILES string of the molecule is Cc1csc(N2CC3CCCC(N)C3C2)n1. The Morgan fingerprint density at radius 2 is 2.31 bits per heavy atom. The van der Waals surface area contributed by atoms with Crippen LogP contribution in [0.15, 0.2) is 5.38 Å². The maximum absolute atomic E-state index is 6.22. The maximum Gasteiger partial charge on any atom is 0.185 e. The number of thiazole rings is 1. The lowest BCUT2D eigenvalue weighted by molar-refractivity contribution is 0.260. The Labute approximate surface area is 101 Å². The van der Waals surface area contributed by atoms with E-state index in [1.165, 1.54) is 30.9 Å². The number of nitrogens with zero attached hydrogens (tertiary/aromatic N) is 2. The lowest BCUT2D eigenvalue weighted by Gasteiger charge is -2.29. The molecule has 0 radical (unpaired) electrons. The lowest BCUT2D eigenvalue weighted by Crippen LogP contribution is -2.38. The highest BCUT2D eigenvalue weighted by Gasteiger charge is 2.39. The second-order valence-corrected chi connectivity index (χ2v) is 6.03. The molecule has 1 aliphatic carbocycles. The summed E-state index contributed by atoms with van der Waals surface area (Å²) in [6, 6.07) is 0.421. The van der Waals surface area contributed by atoms with Crippen LogP contribution in [0.3, 0.4) is 0 Å². The van der Waals surface area contributed by atoms with Crippen LogP contribution in [-0.2, 0) is 0 Å². The van der Waals surface area contributed by atoms with Gasteiger partial charge < -0.3 is 10.6 Å². The van der Waals surface area contributed by atoms with E-state index in [2.05, 4.69) is 22.2 Å². The van der Waals surface area contributed by atoms with Crippen LogP contribution in [0.2, 0.25) is 0 Å². The van der Waals surface area contributed by atoms with Gasteiger partial charge in [-0.25, -0.2) is 4.98 Å². The third-order valence-corrected chi connectivity index (χ3v) is 5.05. The van der Waals surface area contributed by atoms with Crippen molar-refractivity contribution >= 4 is 16.5 Å². The molecule has 2 fully saturated rings. The normalized spacial score (nSPS) is 34.1. The number of nitrogens with two attached hydrogens (primary N) is 1. The fraction of sp³-hybridized carbons (Fsp3) is 0.750. The molecule has 0 aromatic carbocycles. The molecule has 1 saturated heterocycles. The number of hydrogen-bond donors (Lipinski definition) is 1. The van der Waals surface area contributed by atoms with E-state index in [-0.39, 0.29) is 0 Å². The molecule has 2 heterocycles. The zero-order valence-electron chi connectivity index (χ0n) is 9.72. The molecule has 0 amide bonds. The first-order valence-corrected chi connectivity index (χ1v) is 7.04. The van der Waals surface area contributed by atoms with Gasteiger partial charge in [0.15, 0.2) is 5.13 Å². The number of anilines is 1. The molecule has 3 rings (SSSR count). The molecule has 3 nitrogen and oxygen atoms in total. The first kappa shape index (κ1) is 10.5. The summed E-state index contributed by atoms with van der Waals surface area (Å²) in [5, 5.41) is 3.33. The molecule has 2 N–H and O–H groups in total. The quantitative estimate of drug-likeness (QED) is 0.812. The average molecular weight is 237 g/mol. The van der Waals surface area contributed by atoms with Gasteiger partial charge in [0, 0.05) is 24.5 Å². The average Bonchev–Trinajstić information content (AvgIpc) is 2.84. The van der Waals surface area contributed by atoms with Crippen LogP contribution in [0.1, 0.15) is 25.0 Å². The highest BCUT2D eigenvalue weighted by Crippen LogP contribution is 2.38. The van der Waals surface area contributed by atoms with Crippen molar-refractivity contribution < 1.29 is 0 Å². The first-order valence-electron chi connectivity index (χ1n) is 6.16. The summed E-state index contributed by atoms with van der Waals surface area (Å²) < 4.78 is 0. The second-order valence-electron chi connectivity index (χ2n) is 5.20. The Hall–Kier alpha value is -0.610. The highest BCUT2D eigenvalue weighted by molar-refractivity contribution is 7.13. The summed E-state index contributed by atoms with van der Waals surface area (Å²) in [6.45, 7) is 4.36. The van der Waals surface area contributed by atoms with Crippen molar-refractivity contribution in [3.8, 4) is 0 Å². The van der Waals surface area contributed by atoms with E-state index in [0.29, 0.717) is 12.0 Å². The molecule has 2 aliphatic rings. The third kappa shape index (κ3) is 1.74. The number of rotatable bonds is 1. The molecular formula is C12H19N3S. The highest BCUT2D eigenvalue weighted by atomic mass is 32.1. The van der Waals surface area contributed by atoms with Gasteiger partial charge in [0.25, 0.3) is 0 Å². The Bertz CT molecular complexity index is 376. The summed E-state index contributed by atoms with van der Waals surface area (Å²) in [6.07, 6.45) is 3.89. The maximum atomic E-state index is 6.22. The van der Waals surface area contributed by atoms with Crippen molar-refractivity contribution in [1.29, 1.82) is 0 Å².